The summed E-state index contributed by atoms with van der Waals surface area (Å²) in [6.07, 6.45) is -0.219. The summed E-state index contributed by atoms with van der Waals surface area (Å²) in [4.78, 5) is 40.2. The first-order valence-electron chi connectivity index (χ1n) is 8.54. The average Bonchev–Trinajstić information content (AvgIpc) is 3.22. The van der Waals surface area contributed by atoms with E-state index in [2.05, 4.69) is 0 Å². The smallest absolute Gasteiger partial charge is 0.310 e. The SMILES string of the molecule is O=C(Cc1ccccc1F)OCC(=O)N1CCN(C(=O)c2cccs2)CC1. The second-order valence-electron chi connectivity index (χ2n) is 6.08. The van der Waals surface area contributed by atoms with Crippen molar-refractivity contribution in [3.8, 4) is 0 Å². The van der Waals surface area contributed by atoms with Crippen molar-refractivity contribution in [2.45, 2.75) is 6.42 Å². The Morgan fingerprint density at radius 2 is 1.70 bits per heavy atom. The van der Waals surface area contributed by atoms with Crippen molar-refractivity contribution in [3.05, 3.63) is 58.0 Å². The summed E-state index contributed by atoms with van der Waals surface area (Å²) in [5, 5.41) is 1.85. The van der Waals surface area contributed by atoms with E-state index in [9.17, 15) is 18.8 Å². The summed E-state index contributed by atoms with van der Waals surface area (Å²) < 4.78 is 18.5. The molecule has 0 saturated carbocycles. The lowest BCUT2D eigenvalue weighted by atomic mass is 10.1. The van der Waals surface area contributed by atoms with Crippen molar-refractivity contribution >= 4 is 29.1 Å². The predicted molar refractivity (Wildman–Crippen MR) is 97.9 cm³/mol. The molecule has 27 heavy (non-hydrogen) atoms. The number of ether oxygens (including phenoxy) is 1. The summed E-state index contributed by atoms with van der Waals surface area (Å²) in [6.45, 7) is 1.27. The lowest BCUT2D eigenvalue weighted by Crippen LogP contribution is -2.51. The zero-order valence-electron chi connectivity index (χ0n) is 14.6. The van der Waals surface area contributed by atoms with Crippen molar-refractivity contribution in [2.24, 2.45) is 0 Å². The molecule has 0 spiro atoms. The van der Waals surface area contributed by atoms with Crippen LogP contribution in [0.15, 0.2) is 41.8 Å². The number of carbonyl (C=O) groups excluding carboxylic acids is 3. The van der Waals surface area contributed by atoms with Crippen LogP contribution >= 0.6 is 11.3 Å². The van der Waals surface area contributed by atoms with Crippen LogP contribution in [0.5, 0.6) is 0 Å². The molecule has 142 valence electrons. The first-order chi connectivity index (χ1) is 13.0. The molecule has 0 aliphatic carbocycles. The summed E-state index contributed by atoms with van der Waals surface area (Å²) >= 11 is 1.39. The van der Waals surface area contributed by atoms with Crippen LogP contribution in [0.2, 0.25) is 0 Å². The van der Waals surface area contributed by atoms with Gasteiger partial charge >= 0.3 is 5.97 Å². The van der Waals surface area contributed by atoms with Crippen LogP contribution < -0.4 is 0 Å². The number of hydrogen-bond donors (Lipinski definition) is 0. The molecule has 0 radical (unpaired) electrons. The Morgan fingerprint density at radius 1 is 1.00 bits per heavy atom. The van der Waals surface area contributed by atoms with Crippen molar-refractivity contribution in [1.29, 1.82) is 0 Å². The molecule has 1 aliphatic rings. The molecule has 1 fully saturated rings. The van der Waals surface area contributed by atoms with Gasteiger partial charge in [0.05, 0.1) is 11.3 Å². The molecule has 2 amide bonds. The maximum absolute atomic E-state index is 13.5. The number of hydrogen-bond acceptors (Lipinski definition) is 5. The first kappa shape index (κ1) is 19.0. The van der Waals surface area contributed by atoms with Crippen LogP contribution in [0, 0.1) is 5.82 Å². The summed E-state index contributed by atoms with van der Waals surface area (Å²) in [5.74, 6) is -1.49. The Balaban J connectivity index is 1.42. The van der Waals surface area contributed by atoms with E-state index in [0.29, 0.717) is 31.1 Å². The molecule has 2 heterocycles. The van der Waals surface area contributed by atoms with Gasteiger partial charge in [0.2, 0.25) is 0 Å². The van der Waals surface area contributed by atoms with Gasteiger partial charge in [-0.1, -0.05) is 24.3 Å². The molecule has 1 aromatic heterocycles. The lowest BCUT2D eigenvalue weighted by Gasteiger charge is -2.34. The minimum absolute atomic E-state index is 0.0339. The number of halogens is 1. The van der Waals surface area contributed by atoms with Crippen molar-refractivity contribution in [2.75, 3.05) is 32.8 Å². The van der Waals surface area contributed by atoms with E-state index in [1.54, 1.807) is 21.9 Å². The van der Waals surface area contributed by atoms with E-state index < -0.39 is 11.8 Å². The molecule has 1 saturated heterocycles. The summed E-state index contributed by atoms with van der Waals surface area (Å²) in [7, 11) is 0. The molecule has 0 bridgehead atoms. The fourth-order valence-electron chi connectivity index (χ4n) is 2.80. The van der Waals surface area contributed by atoms with Crippen LogP contribution in [0.25, 0.3) is 0 Å². The fourth-order valence-corrected chi connectivity index (χ4v) is 3.49. The Kier molecular flexibility index (Phi) is 6.18. The van der Waals surface area contributed by atoms with E-state index in [1.165, 1.54) is 29.5 Å². The average molecular weight is 390 g/mol. The summed E-state index contributed by atoms with van der Waals surface area (Å²) in [6, 6.07) is 9.55. The molecule has 1 aromatic carbocycles. The maximum Gasteiger partial charge on any atom is 0.310 e. The van der Waals surface area contributed by atoms with Gasteiger partial charge in [-0.25, -0.2) is 4.39 Å². The van der Waals surface area contributed by atoms with Crippen LogP contribution in [0.1, 0.15) is 15.2 Å². The number of benzene rings is 1. The fraction of sp³-hybridized carbons (Fsp3) is 0.316. The van der Waals surface area contributed by atoms with Crippen LogP contribution in [-0.2, 0) is 20.7 Å². The third-order valence-electron chi connectivity index (χ3n) is 4.30. The van der Waals surface area contributed by atoms with Crippen molar-refractivity contribution < 1.29 is 23.5 Å². The molecule has 2 aromatic rings. The standard InChI is InChI=1S/C19H19FN2O4S/c20-15-5-2-1-4-14(15)12-18(24)26-13-17(23)21-7-9-22(10-8-21)19(25)16-6-3-11-27-16/h1-6,11H,7-10,12-13H2. The van der Waals surface area contributed by atoms with Crippen molar-refractivity contribution in [1.82, 2.24) is 9.80 Å². The highest BCUT2D eigenvalue weighted by molar-refractivity contribution is 7.12. The molecular formula is C19H19FN2O4S. The zero-order valence-corrected chi connectivity index (χ0v) is 15.4. The molecule has 3 rings (SSSR count). The molecule has 0 atom stereocenters. The number of amides is 2. The highest BCUT2D eigenvalue weighted by atomic mass is 32.1. The van der Waals surface area contributed by atoms with Crippen LogP contribution in [-0.4, -0.2) is 60.4 Å². The topological polar surface area (TPSA) is 66.9 Å². The zero-order chi connectivity index (χ0) is 19.2. The monoisotopic (exact) mass is 390 g/mol. The first-order valence-corrected chi connectivity index (χ1v) is 9.42. The number of piperazine rings is 1. The molecule has 1 aliphatic heterocycles. The largest absolute Gasteiger partial charge is 0.455 e. The lowest BCUT2D eigenvalue weighted by molar-refractivity contribution is -0.152. The van der Waals surface area contributed by atoms with Gasteiger partial charge in [-0.05, 0) is 23.1 Å². The predicted octanol–water partition coefficient (Wildman–Crippen LogP) is 1.96. The minimum Gasteiger partial charge on any atom is -0.455 e. The number of esters is 1. The second kappa shape index (κ2) is 8.77. The van der Waals surface area contributed by atoms with E-state index in [4.69, 9.17) is 4.74 Å². The quantitative estimate of drug-likeness (QED) is 0.732. The van der Waals surface area contributed by atoms with Gasteiger partial charge in [0.1, 0.15) is 5.82 Å². The van der Waals surface area contributed by atoms with Gasteiger partial charge in [0, 0.05) is 26.2 Å². The van der Waals surface area contributed by atoms with E-state index in [-0.39, 0.29) is 30.4 Å². The number of nitrogens with zero attached hydrogens (tertiary/aromatic N) is 2. The molecule has 0 unspecified atom stereocenters. The van der Waals surface area contributed by atoms with Gasteiger partial charge in [0.15, 0.2) is 6.61 Å². The number of rotatable bonds is 5. The van der Waals surface area contributed by atoms with Crippen LogP contribution in [0.3, 0.4) is 0 Å². The van der Waals surface area contributed by atoms with E-state index in [0.717, 1.165) is 0 Å². The van der Waals surface area contributed by atoms with Gasteiger partial charge in [-0.2, -0.15) is 0 Å². The number of thiophene rings is 1. The Labute approximate surface area is 160 Å². The van der Waals surface area contributed by atoms with Crippen LogP contribution in [0.4, 0.5) is 4.39 Å². The third kappa shape index (κ3) is 4.91. The Morgan fingerprint density at radius 3 is 2.37 bits per heavy atom. The normalized spacial score (nSPS) is 14.1. The molecule has 0 N–H and O–H groups in total. The third-order valence-corrected chi connectivity index (χ3v) is 5.16. The number of carbonyl (C=O) groups is 3. The molecular weight excluding hydrogens is 371 g/mol. The van der Waals surface area contributed by atoms with Gasteiger partial charge in [-0.3, -0.25) is 14.4 Å². The highest BCUT2D eigenvalue weighted by Gasteiger charge is 2.25. The van der Waals surface area contributed by atoms with Crippen molar-refractivity contribution in [3.63, 3.8) is 0 Å². The molecule has 6 nitrogen and oxygen atoms in total. The van der Waals surface area contributed by atoms with Gasteiger partial charge in [0.25, 0.3) is 11.8 Å². The highest BCUT2D eigenvalue weighted by Crippen LogP contribution is 2.14. The van der Waals surface area contributed by atoms with Gasteiger partial charge in [-0.15, -0.1) is 11.3 Å². The van der Waals surface area contributed by atoms with E-state index in [1.807, 2.05) is 11.4 Å². The summed E-state index contributed by atoms with van der Waals surface area (Å²) in [5.41, 5.74) is 0.232. The Bertz CT molecular complexity index is 817. The second-order valence-corrected chi connectivity index (χ2v) is 7.03. The molecule has 8 heteroatoms. The van der Waals surface area contributed by atoms with Gasteiger partial charge < -0.3 is 14.5 Å². The van der Waals surface area contributed by atoms with E-state index >= 15 is 0 Å². The minimum atomic E-state index is -0.653. The Hall–Kier alpha value is -2.74. The maximum atomic E-state index is 13.5.